The van der Waals surface area contributed by atoms with Crippen LogP contribution >= 0.6 is 37.2 Å². The number of oxazole rings is 1. The lowest BCUT2D eigenvalue weighted by atomic mass is 9.89. The van der Waals surface area contributed by atoms with Crippen LogP contribution in [0.4, 0.5) is 0 Å². The van der Waals surface area contributed by atoms with Gasteiger partial charge in [-0.05, 0) is 128 Å². The molecule has 0 spiro atoms. The van der Waals surface area contributed by atoms with Gasteiger partial charge in [0, 0.05) is 56.3 Å². The zero-order valence-corrected chi connectivity index (χ0v) is 32.2. The minimum Gasteiger partial charge on any atom is -0.493 e. The van der Waals surface area contributed by atoms with Crippen molar-refractivity contribution in [1.82, 2.24) is 4.98 Å². The largest absolute Gasteiger partial charge is 0.493 e. The third-order valence-corrected chi connectivity index (χ3v) is 7.92. The van der Waals surface area contributed by atoms with Gasteiger partial charge < -0.3 is 13.9 Å². The summed E-state index contributed by atoms with van der Waals surface area (Å²) in [6, 6.07) is 4.26. The Hall–Kier alpha value is -1.46. The molecule has 1 aromatic heterocycles. The van der Waals surface area contributed by atoms with Gasteiger partial charge >= 0.3 is 0 Å². The Labute approximate surface area is 272 Å². The van der Waals surface area contributed by atoms with Crippen molar-refractivity contribution < 1.29 is 18.7 Å². The number of methoxy groups -OCH3 is 1. The van der Waals surface area contributed by atoms with Crippen molar-refractivity contribution in [2.75, 3.05) is 13.7 Å². The molecule has 0 aliphatic rings. The molecule has 0 amide bonds. The molecule has 41 heavy (non-hydrogen) atoms. The van der Waals surface area contributed by atoms with Crippen molar-refractivity contribution in [3.05, 3.63) is 68.1 Å². The lowest BCUT2D eigenvalue weighted by Gasteiger charge is -2.17. The van der Waals surface area contributed by atoms with Crippen molar-refractivity contribution in [3.8, 4) is 17.2 Å². The van der Waals surface area contributed by atoms with Gasteiger partial charge in [0.05, 0.1) is 12.3 Å². The van der Waals surface area contributed by atoms with Gasteiger partial charge in [0.2, 0.25) is 5.89 Å². The van der Waals surface area contributed by atoms with Gasteiger partial charge in [-0.25, -0.2) is 4.98 Å². The van der Waals surface area contributed by atoms with E-state index in [4.69, 9.17) is 18.9 Å². The van der Waals surface area contributed by atoms with E-state index in [1.54, 1.807) is 13.8 Å². The molecule has 0 aliphatic carbocycles. The summed E-state index contributed by atoms with van der Waals surface area (Å²) >= 11 is 4.24. The van der Waals surface area contributed by atoms with Crippen molar-refractivity contribution in [2.45, 2.75) is 109 Å². The van der Waals surface area contributed by atoms with E-state index in [1.807, 2.05) is 20.8 Å². The summed E-state index contributed by atoms with van der Waals surface area (Å²) < 4.78 is 17.1. The van der Waals surface area contributed by atoms with Crippen LogP contribution in [0.5, 0.6) is 5.75 Å². The average Bonchev–Trinajstić information content (AvgIpc) is 3.32. The molecule has 3 rings (SSSR count). The van der Waals surface area contributed by atoms with Gasteiger partial charge in [0.15, 0.2) is 5.78 Å². The van der Waals surface area contributed by atoms with E-state index in [1.165, 1.54) is 58.5 Å². The highest BCUT2D eigenvalue weighted by Crippen LogP contribution is 2.34. The number of nitrogens with zero attached hydrogens (tertiary/aromatic N) is 1. The molecule has 7 heteroatoms. The Bertz CT molecular complexity index is 1260. The number of aromatic nitrogens is 1. The van der Waals surface area contributed by atoms with E-state index < -0.39 is 5.60 Å². The van der Waals surface area contributed by atoms with Gasteiger partial charge in [-0.15, -0.1) is 0 Å². The van der Waals surface area contributed by atoms with Crippen LogP contribution < -0.4 is 4.74 Å². The standard InChI is InChI=1S/C26H33NO2.C6H12O2.C2H6.I2/c1-14-10-11-15(2)25(16(14)3)28-13-12-23-22(9)29-26(27-23)24-20(7)18(5)17(4)19(6)21(24)8;1-5(7)6(2,3)8-4;2*1-2/h10-11H,12-13H2,1-9H3;1-4H3;1-2H3;. The van der Waals surface area contributed by atoms with Crippen LogP contribution in [0.15, 0.2) is 16.5 Å². The number of ketones is 1. The highest BCUT2D eigenvalue weighted by molar-refractivity contribution is 15.0. The smallest absolute Gasteiger partial charge is 0.227 e. The number of Topliss-reactive ketones (excluding diaryl/α,β-unsaturated/α-hetero) is 1. The second kappa shape index (κ2) is 18.3. The highest BCUT2D eigenvalue weighted by atomic mass is 128. The van der Waals surface area contributed by atoms with Gasteiger partial charge in [-0.1, -0.05) is 26.0 Å². The summed E-state index contributed by atoms with van der Waals surface area (Å²) in [5, 5.41) is 0. The van der Waals surface area contributed by atoms with E-state index in [9.17, 15) is 4.79 Å². The predicted molar refractivity (Wildman–Crippen MR) is 191 cm³/mol. The number of hydrogen-bond donors (Lipinski definition) is 0. The van der Waals surface area contributed by atoms with E-state index in [0.29, 0.717) is 6.61 Å². The van der Waals surface area contributed by atoms with Crippen LogP contribution in [0.2, 0.25) is 0 Å². The van der Waals surface area contributed by atoms with Crippen molar-refractivity contribution >= 4 is 43.0 Å². The molecule has 3 aromatic rings. The Kier molecular flexibility index (Phi) is 17.6. The molecule has 2 aromatic carbocycles. The maximum Gasteiger partial charge on any atom is 0.227 e. The zero-order valence-electron chi connectivity index (χ0n) is 27.9. The summed E-state index contributed by atoms with van der Waals surface area (Å²) in [6.07, 6.45) is 0.726. The maximum absolute atomic E-state index is 10.6. The minimum absolute atomic E-state index is 0.0556. The molecule has 0 atom stereocenters. The summed E-state index contributed by atoms with van der Waals surface area (Å²) in [5.74, 6) is 2.64. The first-order chi connectivity index (χ1) is 19.1. The number of carbonyl (C=O) groups excluding carboxylic acids is 1. The number of rotatable bonds is 7. The molecule has 0 fully saturated rings. The zero-order chi connectivity index (χ0) is 32.2. The fraction of sp³-hybridized carbons (Fsp3) is 0.529. The summed E-state index contributed by atoms with van der Waals surface area (Å²) in [4.78, 5) is 15.4. The number of hydrogen-bond acceptors (Lipinski definition) is 5. The first-order valence-electron chi connectivity index (χ1n) is 14.1. The molecule has 1 heterocycles. The van der Waals surface area contributed by atoms with E-state index >= 15 is 0 Å². The van der Waals surface area contributed by atoms with Crippen LogP contribution in [0.3, 0.4) is 0 Å². The van der Waals surface area contributed by atoms with E-state index in [0.717, 1.165) is 35.1 Å². The second-order valence-electron chi connectivity index (χ2n) is 10.5. The van der Waals surface area contributed by atoms with Crippen LogP contribution in [0, 0.1) is 62.3 Å². The summed E-state index contributed by atoms with van der Waals surface area (Å²) in [6.45, 7) is 28.8. The van der Waals surface area contributed by atoms with E-state index in [2.05, 4.69) is 105 Å². The van der Waals surface area contributed by atoms with E-state index in [-0.39, 0.29) is 5.78 Å². The Morgan fingerprint density at radius 1 is 0.829 bits per heavy atom. The normalized spacial score (nSPS) is 10.5. The summed E-state index contributed by atoms with van der Waals surface area (Å²) in [5.41, 5.74) is 11.6. The molecular formula is C34H51I2NO4. The molecule has 0 saturated heterocycles. The molecule has 5 nitrogen and oxygen atoms in total. The third-order valence-electron chi connectivity index (χ3n) is 7.92. The van der Waals surface area contributed by atoms with Gasteiger partial charge in [-0.3, -0.25) is 4.79 Å². The topological polar surface area (TPSA) is 61.6 Å². The highest BCUT2D eigenvalue weighted by Gasteiger charge is 2.22. The van der Waals surface area contributed by atoms with Crippen LogP contribution in [0.1, 0.15) is 90.6 Å². The fourth-order valence-corrected chi connectivity index (χ4v) is 4.13. The molecule has 0 N–H and O–H groups in total. The number of halogens is 2. The Morgan fingerprint density at radius 3 is 1.73 bits per heavy atom. The molecular weight excluding hydrogens is 740 g/mol. The molecule has 0 saturated carbocycles. The average molecular weight is 792 g/mol. The maximum atomic E-state index is 10.6. The first-order valence-corrected chi connectivity index (χ1v) is 20.4. The summed E-state index contributed by atoms with van der Waals surface area (Å²) in [7, 11) is 1.53. The predicted octanol–water partition coefficient (Wildman–Crippen LogP) is 10.5. The second-order valence-corrected chi connectivity index (χ2v) is 10.5. The molecule has 230 valence electrons. The Balaban J connectivity index is 0.00000114. The molecule has 0 radical (unpaired) electrons. The molecule has 0 unspecified atom stereocenters. The number of benzene rings is 2. The first kappa shape index (κ1) is 39.5. The SMILES string of the molecule is CC.COC(C)(C)C(C)=O.Cc1ccc(C)c(OCCc2nc(-c3c(C)c(C)c(C)c(C)c3C)oc2C)c1C.II. The van der Waals surface area contributed by atoms with Crippen LogP contribution in [-0.4, -0.2) is 30.1 Å². The lowest BCUT2D eigenvalue weighted by Crippen LogP contribution is -2.31. The van der Waals surface area contributed by atoms with Crippen molar-refractivity contribution in [1.29, 1.82) is 0 Å². The van der Waals surface area contributed by atoms with Gasteiger partial charge in [0.25, 0.3) is 0 Å². The monoisotopic (exact) mass is 791 g/mol. The van der Waals surface area contributed by atoms with Crippen molar-refractivity contribution in [2.24, 2.45) is 0 Å². The van der Waals surface area contributed by atoms with Gasteiger partial charge in [0.1, 0.15) is 17.1 Å². The minimum atomic E-state index is -0.597. The number of aryl methyl sites for hydroxylation is 3. The van der Waals surface area contributed by atoms with Gasteiger partial charge in [-0.2, -0.15) is 0 Å². The van der Waals surface area contributed by atoms with Crippen LogP contribution in [-0.2, 0) is 16.0 Å². The molecule has 0 aliphatic heterocycles. The quantitative estimate of drug-likeness (QED) is 0.223. The lowest BCUT2D eigenvalue weighted by molar-refractivity contribution is -0.134. The number of carbonyl (C=O) groups is 1. The molecule has 0 bridgehead atoms. The Morgan fingerprint density at radius 2 is 1.29 bits per heavy atom. The fourth-order valence-electron chi connectivity index (χ4n) is 4.13. The number of ether oxygens (including phenoxy) is 2. The van der Waals surface area contributed by atoms with Crippen LogP contribution in [0.25, 0.3) is 11.5 Å². The third kappa shape index (κ3) is 10.3. The van der Waals surface area contributed by atoms with Crippen molar-refractivity contribution in [3.63, 3.8) is 0 Å².